The average Bonchev–Trinajstić information content (AvgIpc) is 2.51. The number of anilines is 3. The number of pyridine rings is 1. The molecule has 1 aromatic heterocycles. The van der Waals surface area contributed by atoms with Crippen LogP contribution in [-0.4, -0.2) is 4.98 Å². The second-order valence-corrected chi connectivity index (χ2v) is 4.55. The molecule has 0 spiro atoms. The van der Waals surface area contributed by atoms with Crippen LogP contribution in [0.1, 0.15) is 0 Å². The second-order valence-electron chi connectivity index (χ2n) is 4.55. The van der Waals surface area contributed by atoms with Crippen molar-refractivity contribution in [2.24, 2.45) is 0 Å². The Labute approximate surface area is 118 Å². The van der Waals surface area contributed by atoms with Gasteiger partial charge in [-0.2, -0.15) is 0 Å². The first-order chi connectivity index (χ1) is 9.81. The zero-order valence-electron chi connectivity index (χ0n) is 11.0. The lowest BCUT2D eigenvalue weighted by molar-refractivity contribution is 1.31. The Bertz CT molecular complexity index is 674. The summed E-state index contributed by atoms with van der Waals surface area (Å²) >= 11 is 0. The van der Waals surface area contributed by atoms with Crippen LogP contribution in [0.3, 0.4) is 0 Å². The van der Waals surface area contributed by atoms with Gasteiger partial charge in [-0.05, 0) is 35.4 Å². The number of hydrogen-bond donors (Lipinski definition) is 2. The van der Waals surface area contributed by atoms with Gasteiger partial charge < -0.3 is 11.1 Å². The molecular weight excluding hydrogens is 246 g/mol. The van der Waals surface area contributed by atoms with Crippen molar-refractivity contribution in [2.75, 3.05) is 11.1 Å². The normalized spacial score (nSPS) is 10.2. The van der Waals surface area contributed by atoms with Crippen LogP contribution in [0.5, 0.6) is 0 Å². The Hall–Kier alpha value is -2.81. The van der Waals surface area contributed by atoms with E-state index in [1.807, 2.05) is 42.5 Å². The van der Waals surface area contributed by atoms with Gasteiger partial charge >= 0.3 is 0 Å². The molecule has 0 saturated carbocycles. The van der Waals surface area contributed by atoms with Crippen molar-refractivity contribution < 1.29 is 0 Å². The van der Waals surface area contributed by atoms with E-state index in [2.05, 4.69) is 34.6 Å². The summed E-state index contributed by atoms with van der Waals surface area (Å²) in [5, 5.41) is 3.24. The molecule has 0 amide bonds. The monoisotopic (exact) mass is 261 g/mol. The lowest BCUT2D eigenvalue weighted by Gasteiger charge is -2.07. The average molecular weight is 261 g/mol. The Morgan fingerprint density at radius 2 is 1.45 bits per heavy atom. The summed E-state index contributed by atoms with van der Waals surface area (Å²) in [6.45, 7) is 0. The quantitative estimate of drug-likeness (QED) is 0.747. The van der Waals surface area contributed by atoms with Gasteiger partial charge in [-0.3, -0.25) is 0 Å². The van der Waals surface area contributed by atoms with E-state index in [1.54, 1.807) is 6.20 Å². The number of hydrogen-bond acceptors (Lipinski definition) is 3. The van der Waals surface area contributed by atoms with Crippen LogP contribution in [0.15, 0.2) is 72.9 Å². The van der Waals surface area contributed by atoms with E-state index in [9.17, 15) is 0 Å². The summed E-state index contributed by atoms with van der Waals surface area (Å²) in [6.07, 6.45) is 1.64. The minimum Gasteiger partial charge on any atom is -0.397 e. The maximum absolute atomic E-state index is 5.61. The van der Waals surface area contributed by atoms with Crippen molar-refractivity contribution in [1.82, 2.24) is 4.98 Å². The molecule has 0 bridgehead atoms. The number of nitrogens with two attached hydrogens (primary N) is 1. The molecule has 0 aliphatic heterocycles. The van der Waals surface area contributed by atoms with Crippen LogP contribution in [0.2, 0.25) is 0 Å². The van der Waals surface area contributed by atoms with Crippen molar-refractivity contribution in [3.8, 4) is 11.1 Å². The van der Waals surface area contributed by atoms with Gasteiger partial charge in [-0.15, -0.1) is 0 Å². The summed E-state index contributed by atoms with van der Waals surface area (Å²) in [5.41, 5.74) is 9.69. The van der Waals surface area contributed by atoms with Crippen molar-refractivity contribution >= 4 is 17.2 Å². The van der Waals surface area contributed by atoms with Crippen molar-refractivity contribution in [1.29, 1.82) is 0 Å². The van der Waals surface area contributed by atoms with Crippen molar-refractivity contribution in [2.45, 2.75) is 0 Å². The summed E-state index contributed by atoms with van der Waals surface area (Å²) < 4.78 is 0. The van der Waals surface area contributed by atoms with Crippen molar-refractivity contribution in [3.05, 3.63) is 72.9 Å². The SMILES string of the molecule is Nc1ccc(Nc2ccc(-c3ccccc3)cc2)nc1. The maximum Gasteiger partial charge on any atom is 0.130 e. The zero-order chi connectivity index (χ0) is 13.8. The van der Waals surface area contributed by atoms with Crippen molar-refractivity contribution in [3.63, 3.8) is 0 Å². The largest absolute Gasteiger partial charge is 0.397 e. The first kappa shape index (κ1) is 12.2. The Balaban J connectivity index is 1.78. The molecule has 3 N–H and O–H groups in total. The molecule has 0 saturated heterocycles. The molecule has 0 fully saturated rings. The predicted molar refractivity (Wildman–Crippen MR) is 83.8 cm³/mol. The maximum atomic E-state index is 5.61. The van der Waals surface area contributed by atoms with E-state index in [0.29, 0.717) is 5.69 Å². The first-order valence-corrected chi connectivity index (χ1v) is 6.45. The van der Waals surface area contributed by atoms with Gasteiger partial charge in [0.1, 0.15) is 5.82 Å². The van der Waals surface area contributed by atoms with E-state index in [1.165, 1.54) is 11.1 Å². The smallest absolute Gasteiger partial charge is 0.130 e. The Morgan fingerprint density at radius 1 is 0.750 bits per heavy atom. The van der Waals surface area contributed by atoms with Gasteiger partial charge in [0.05, 0.1) is 11.9 Å². The molecule has 3 aromatic rings. The fourth-order valence-corrected chi connectivity index (χ4v) is 2.00. The number of aromatic nitrogens is 1. The lowest BCUT2D eigenvalue weighted by Crippen LogP contribution is -1.94. The van der Waals surface area contributed by atoms with E-state index in [0.717, 1.165) is 11.5 Å². The first-order valence-electron chi connectivity index (χ1n) is 6.45. The van der Waals surface area contributed by atoms with Crippen LogP contribution < -0.4 is 11.1 Å². The molecular formula is C17H15N3. The Morgan fingerprint density at radius 3 is 2.10 bits per heavy atom. The summed E-state index contributed by atoms with van der Waals surface area (Å²) in [5.74, 6) is 0.784. The summed E-state index contributed by atoms with van der Waals surface area (Å²) in [6, 6.07) is 22.3. The second kappa shape index (κ2) is 5.45. The molecule has 0 aliphatic carbocycles. The number of rotatable bonds is 3. The predicted octanol–water partition coefficient (Wildman–Crippen LogP) is 4.07. The van der Waals surface area contributed by atoms with E-state index in [4.69, 9.17) is 5.73 Å². The third kappa shape index (κ3) is 2.78. The summed E-state index contributed by atoms with van der Waals surface area (Å²) in [4.78, 5) is 4.22. The van der Waals surface area contributed by atoms with Gasteiger partial charge in [-0.25, -0.2) is 4.98 Å². The van der Waals surface area contributed by atoms with E-state index in [-0.39, 0.29) is 0 Å². The number of nitrogens with zero attached hydrogens (tertiary/aromatic N) is 1. The molecule has 98 valence electrons. The minimum atomic E-state index is 0.662. The minimum absolute atomic E-state index is 0.662. The summed E-state index contributed by atoms with van der Waals surface area (Å²) in [7, 11) is 0. The van der Waals surface area contributed by atoms with Gasteiger partial charge in [-0.1, -0.05) is 42.5 Å². The van der Waals surface area contributed by atoms with Crippen LogP contribution in [0, 0.1) is 0 Å². The fraction of sp³-hybridized carbons (Fsp3) is 0. The molecule has 20 heavy (non-hydrogen) atoms. The highest BCUT2D eigenvalue weighted by molar-refractivity contribution is 5.67. The molecule has 3 nitrogen and oxygen atoms in total. The van der Waals surface area contributed by atoms with Crippen LogP contribution in [0.25, 0.3) is 11.1 Å². The molecule has 2 aromatic carbocycles. The number of benzene rings is 2. The third-order valence-corrected chi connectivity index (χ3v) is 3.05. The molecule has 0 aliphatic rings. The highest BCUT2D eigenvalue weighted by atomic mass is 15.0. The van der Waals surface area contributed by atoms with Crippen LogP contribution >= 0.6 is 0 Å². The molecule has 3 rings (SSSR count). The molecule has 0 radical (unpaired) electrons. The lowest BCUT2D eigenvalue weighted by atomic mass is 10.1. The fourth-order valence-electron chi connectivity index (χ4n) is 2.00. The van der Waals surface area contributed by atoms with Gasteiger partial charge in [0.2, 0.25) is 0 Å². The van der Waals surface area contributed by atoms with E-state index >= 15 is 0 Å². The number of nitrogen functional groups attached to an aromatic ring is 1. The van der Waals surface area contributed by atoms with Gasteiger partial charge in [0.25, 0.3) is 0 Å². The van der Waals surface area contributed by atoms with Gasteiger partial charge in [0, 0.05) is 5.69 Å². The van der Waals surface area contributed by atoms with Gasteiger partial charge in [0.15, 0.2) is 0 Å². The van der Waals surface area contributed by atoms with Crippen LogP contribution in [0.4, 0.5) is 17.2 Å². The number of nitrogens with one attached hydrogen (secondary N) is 1. The molecule has 1 heterocycles. The molecule has 0 unspecified atom stereocenters. The van der Waals surface area contributed by atoms with E-state index < -0.39 is 0 Å². The highest BCUT2D eigenvalue weighted by Crippen LogP contribution is 2.22. The highest BCUT2D eigenvalue weighted by Gasteiger charge is 1.98. The van der Waals surface area contributed by atoms with Crippen LogP contribution in [-0.2, 0) is 0 Å². The zero-order valence-corrected chi connectivity index (χ0v) is 11.0. The molecule has 3 heteroatoms. The standard InChI is InChI=1S/C17H15N3/c18-15-8-11-17(19-12-15)20-16-9-6-14(7-10-16)13-4-2-1-3-5-13/h1-12H,18H2,(H,19,20). The topological polar surface area (TPSA) is 50.9 Å². The Kier molecular flexibility index (Phi) is 3.33. The third-order valence-electron chi connectivity index (χ3n) is 3.05. The molecule has 0 atom stereocenters.